The number of rotatable bonds is 7. The summed E-state index contributed by atoms with van der Waals surface area (Å²) in [4.78, 5) is 39.6. The molecule has 1 atom stereocenters. The Balaban J connectivity index is 2.26. The average Bonchev–Trinajstić information content (AvgIpc) is 2.74. The summed E-state index contributed by atoms with van der Waals surface area (Å²) in [5.74, 6) is -0.141. The number of alkyl carbamates (subject to hydrolysis) is 1. The third kappa shape index (κ3) is 7.24. The Kier molecular flexibility index (Phi) is 8.45. The maximum atomic E-state index is 13.4. The fourth-order valence-electron chi connectivity index (χ4n) is 3.21. The molecule has 0 bridgehead atoms. The fourth-order valence-corrected chi connectivity index (χ4v) is 3.21. The van der Waals surface area contributed by atoms with Gasteiger partial charge in [-0.3, -0.25) is 9.59 Å². The molecule has 0 radical (unpaired) electrons. The predicted octanol–water partition coefficient (Wildman–Crippen LogP) is 3.97. The van der Waals surface area contributed by atoms with Crippen molar-refractivity contribution in [3.8, 4) is 5.75 Å². The number of aryl methyl sites for hydroxylation is 1. The second-order valence-corrected chi connectivity index (χ2v) is 8.77. The lowest BCUT2D eigenvalue weighted by atomic mass is 9.95. The molecular formula is C25H33N3O5. The molecule has 8 heteroatoms. The van der Waals surface area contributed by atoms with Crippen LogP contribution in [0.3, 0.4) is 0 Å². The van der Waals surface area contributed by atoms with Gasteiger partial charge in [0.05, 0.1) is 7.11 Å². The van der Waals surface area contributed by atoms with Crippen molar-refractivity contribution < 1.29 is 23.9 Å². The van der Waals surface area contributed by atoms with E-state index < -0.39 is 23.6 Å². The second-order valence-electron chi connectivity index (χ2n) is 8.77. The first-order chi connectivity index (χ1) is 15.4. The molecule has 2 rings (SSSR count). The zero-order valence-electron chi connectivity index (χ0n) is 20.3. The van der Waals surface area contributed by atoms with E-state index in [1.54, 1.807) is 59.2 Å². The minimum Gasteiger partial charge on any atom is -0.497 e. The second kappa shape index (κ2) is 10.8. The molecule has 0 aliphatic heterocycles. The molecule has 3 amide bonds. The highest BCUT2D eigenvalue weighted by molar-refractivity contribution is 5.98. The van der Waals surface area contributed by atoms with Gasteiger partial charge in [-0.1, -0.05) is 18.2 Å². The Morgan fingerprint density at radius 2 is 1.67 bits per heavy atom. The zero-order valence-corrected chi connectivity index (χ0v) is 20.3. The molecule has 0 aliphatic carbocycles. The first-order valence-corrected chi connectivity index (χ1v) is 10.7. The molecule has 0 heterocycles. The molecular weight excluding hydrogens is 422 g/mol. The highest BCUT2D eigenvalue weighted by Gasteiger charge is 2.30. The number of likely N-dealkylation sites (N-methyl/N-ethyl adjacent to an activating group) is 1. The summed E-state index contributed by atoms with van der Waals surface area (Å²) >= 11 is 0. The van der Waals surface area contributed by atoms with Crippen molar-refractivity contribution in [2.24, 2.45) is 0 Å². The van der Waals surface area contributed by atoms with Crippen LogP contribution >= 0.6 is 0 Å². The van der Waals surface area contributed by atoms with E-state index in [1.165, 1.54) is 4.90 Å². The Bertz CT molecular complexity index is 996. The monoisotopic (exact) mass is 455 g/mol. The van der Waals surface area contributed by atoms with Crippen LogP contribution < -0.4 is 15.4 Å². The SMILES string of the molecule is COc1ccc(NC(=O)C(c2cccc(C)c2C)N(C)C(=O)CNC(=O)OC(C)(C)C)cc1. The largest absolute Gasteiger partial charge is 0.497 e. The molecule has 2 aromatic carbocycles. The smallest absolute Gasteiger partial charge is 0.408 e. The lowest BCUT2D eigenvalue weighted by molar-refractivity contribution is -0.136. The van der Waals surface area contributed by atoms with Gasteiger partial charge in [-0.25, -0.2) is 4.79 Å². The summed E-state index contributed by atoms with van der Waals surface area (Å²) in [7, 11) is 3.11. The third-order valence-electron chi connectivity index (χ3n) is 5.11. The number of ether oxygens (including phenoxy) is 2. The van der Waals surface area contributed by atoms with Gasteiger partial charge in [-0.2, -0.15) is 0 Å². The van der Waals surface area contributed by atoms with Gasteiger partial charge in [0, 0.05) is 12.7 Å². The summed E-state index contributed by atoms with van der Waals surface area (Å²) in [6, 6.07) is 11.6. The molecule has 0 saturated carbocycles. The molecule has 33 heavy (non-hydrogen) atoms. The van der Waals surface area contributed by atoms with Gasteiger partial charge in [0.1, 0.15) is 23.9 Å². The van der Waals surface area contributed by atoms with Crippen molar-refractivity contribution in [1.29, 1.82) is 0 Å². The van der Waals surface area contributed by atoms with Crippen LogP contribution in [0.5, 0.6) is 5.75 Å². The number of hydrogen-bond donors (Lipinski definition) is 2. The van der Waals surface area contributed by atoms with Crippen LogP contribution in [0, 0.1) is 13.8 Å². The minimum atomic E-state index is -0.903. The number of anilines is 1. The molecule has 178 valence electrons. The van der Waals surface area contributed by atoms with E-state index in [2.05, 4.69) is 10.6 Å². The molecule has 0 fully saturated rings. The first kappa shape index (κ1) is 25.7. The van der Waals surface area contributed by atoms with Crippen molar-refractivity contribution in [3.05, 3.63) is 59.2 Å². The molecule has 2 N–H and O–H groups in total. The number of hydrogen-bond acceptors (Lipinski definition) is 5. The molecule has 0 aromatic heterocycles. The molecule has 2 aromatic rings. The van der Waals surface area contributed by atoms with Gasteiger partial charge in [0.25, 0.3) is 5.91 Å². The standard InChI is InChI=1S/C25H33N3O5/c1-16-9-8-10-20(17(16)2)22(23(30)27-18-11-13-19(32-7)14-12-18)28(6)21(29)15-26-24(31)33-25(3,4)5/h8-14,22H,15H2,1-7H3,(H,26,31)(H,27,30). The van der Waals surface area contributed by atoms with Crippen LogP contribution in [0.2, 0.25) is 0 Å². The van der Waals surface area contributed by atoms with E-state index in [0.29, 0.717) is 17.0 Å². The third-order valence-corrected chi connectivity index (χ3v) is 5.11. The van der Waals surface area contributed by atoms with E-state index in [4.69, 9.17) is 9.47 Å². The Hall–Kier alpha value is -3.55. The number of carbonyl (C=O) groups is 3. The molecule has 0 aliphatic rings. The maximum Gasteiger partial charge on any atom is 0.408 e. The van der Waals surface area contributed by atoms with Crippen molar-refractivity contribution >= 4 is 23.6 Å². The maximum absolute atomic E-state index is 13.4. The number of nitrogens with one attached hydrogen (secondary N) is 2. The Labute approximate surface area is 195 Å². The number of carbonyl (C=O) groups excluding carboxylic acids is 3. The van der Waals surface area contributed by atoms with Crippen LogP contribution in [-0.2, 0) is 14.3 Å². The molecule has 8 nitrogen and oxygen atoms in total. The summed E-state index contributed by atoms with van der Waals surface area (Å²) in [6.45, 7) is 8.77. The molecule has 1 unspecified atom stereocenters. The molecule has 0 spiro atoms. The number of nitrogens with zero attached hydrogens (tertiary/aromatic N) is 1. The van der Waals surface area contributed by atoms with Gasteiger partial charge >= 0.3 is 6.09 Å². The summed E-state index contributed by atoms with van der Waals surface area (Å²) < 4.78 is 10.3. The van der Waals surface area contributed by atoms with Crippen LogP contribution in [0.25, 0.3) is 0 Å². The number of amides is 3. The quantitative estimate of drug-likeness (QED) is 0.658. The van der Waals surface area contributed by atoms with Gasteiger partial charge in [-0.15, -0.1) is 0 Å². The van der Waals surface area contributed by atoms with Gasteiger partial charge in [-0.05, 0) is 75.6 Å². The van der Waals surface area contributed by atoms with E-state index in [9.17, 15) is 14.4 Å². The zero-order chi connectivity index (χ0) is 24.8. The normalized spacial score (nSPS) is 11.8. The van der Waals surface area contributed by atoms with Gasteiger partial charge in [0.15, 0.2) is 0 Å². The molecule has 0 saturated heterocycles. The number of benzene rings is 2. The highest BCUT2D eigenvalue weighted by atomic mass is 16.6. The lowest BCUT2D eigenvalue weighted by Crippen LogP contribution is -2.44. The average molecular weight is 456 g/mol. The summed E-state index contributed by atoms with van der Waals surface area (Å²) in [5, 5.41) is 5.33. The fraction of sp³-hybridized carbons (Fsp3) is 0.400. The van der Waals surface area contributed by atoms with Crippen LogP contribution in [0.15, 0.2) is 42.5 Å². The van der Waals surface area contributed by atoms with E-state index in [-0.39, 0.29) is 12.5 Å². The minimum absolute atomic E-state index is 0.303. The van der Waals surface area contributed by atoms with Crippen LogP contribution in [0.4, 0.5) is 10.5 Å². The van der Waals surface area contributed by atoms with Crippen molar-refractivity contribution in [3.63, 3.8) is 0 Å². The van der Waals surface area contributed by atoms with E-state index in [0.717, 1.165) is 11.1 Å². The van der Waals surface area contributed by atoms with Gasteiger partial charge in [0.2, 0.25) is 5.91 Å². The summed E-state index contributed by atoms with van der Waals surface area (Å²) in [6.07, 6.45) is -0.699. The van der Waals surface area contributed by atoms with Crippen molar-refractivity contribution in [2.75, 3.05) is 26.0 Å². The van der Waals surface area contributed by atoms with Crippen LogP contribution in [-0.4, -0.2) is 49.1 Å². The Morgan fingerprint density at radius 1 is 1.03 bits per heavy atom. The van der Waals surface area contributed by atoms with Crippen molar-refractivity contribution in [1.82, 2.24) is 10.2 Å². The Morgan fingerprint density at radius 3 is 2.24 bits per heavy atom. The predicted molar refractivity (Wildman–Crippen MR) is 127 cm³/mol. The van der Waals surface area contributed by atoms with E-state index >= 15 is 0 Å². The topological polar surface area (TPSA) is 97.0 Å². The van der Waals surface area contributed by atoms with Gasteiger partial charge < -0.3 is 25.0 Å². The first-order valence-electron chi connectivity index (χ1n) is 10.7. The van der Waals surface area contributed by atoms with Crippen LogP contribution in [0.1, 0.15) is 43.5 Å². The number of methoxy groups -OCH3 is 1. The summed E-state index contributed by atoms with van der Waals surface area (Å²) in [5.41, 5.74) is 2.51. The van der Waals surface area contributed by atoms with Crippen molar-refractivity contribution in [2.45, 2.75) is 46.3 Å². The lowest BCUT2D eigenvalue weighted by Gasteiger charge is -2.29. The highest BCUT2D eigenvalue weighted by Crippen LogP contribution is 2.27. The van der Waals surface area contributed by atoms with E-state index in [1.807, 2.05) is 32.0 Å².